The van der Waals surface area contributed by atoms with Crippen molar-refractivity contribution in [1.82, 2.24) is 0 Å². The molecule has 2 rings (SSSR count). The molecular weight excluding hydrogens is 132 g/mol. The second kappa shape index (κ2) is 1.81. The Labute approximate surface area is 59.2 Å². The highest BCUT2D eigenvalue weighted by molar-refractivity contribution is 5.21. The fourth-order valence-corrected chi connectivity index (χ4v) is 1.18. The van der Waals surface area contributed by atoms with Crippen LogP contribution in [0.3, 0.4) is 0 Å². The summed E-state index contributed by atoms with van der Waals surface area (Å²) < 4.78 is 0. The van der Waals surface area contributed by atoms with Crippen molar-refractivity contribution < 1.29 is 14.9 Å². The highest BCUT2D eigenvalue weighted by Crippen LogP contribution is 2.33. The molecule has 2 aliphatic rings. The zero-order chi connectivity index (χ0) is 7.19. The number of hydrogen-bond donors (Lipinski definition) is 1. The van der Waals surface area contributed by atoms with Gasteiger partial charge in [0.15, 0.2) is 0 Å². The summed E-state index contributed by atoms with van der Waals surface area (Å²) in [6.07, 6.45) is 4.50. The fourth-order valence-electron chi connectivity index (χ4n) is 1.18. The first-order valence-corrected chi connectivity index (χ1v) is 3.28. The van der Waals surface area contributed by atoms with Crippen LogP contribution in [0.5, 0.6) is 0 Å². The first-order chi connectivity index (χ1) is 4.70. The zero-order valence-corrected chi connectivity index (χ0v) is 5.65. The molecule has 1 aliphatic heterocycles. The molecule has 2 bridgehead atoms. The highest BCUT2D eigenvalue weighted by atomic mass is 17.2. The van der Waals surface area contributed by atoms with E-state index < -0.39 is 11.7 Å². The van der Waals surface area contributed by atoms with Crippen molar-refractivity contribution in [3.63, 3.8) is 0 Å². The minimum absolute atomic E-state index is 0.282. The van der Waals surface area contributed by atoms with E-state index in [2.05, 4.69) is 0 Å². The molecule has 1 heterocycles. The molecule has 10 heavy (non-hydrogen) atoms. The van der Waals surface area contributed by atoms with E-state index in [0.29, 0.717) is 0 Å². The van der Waals surface area contributed by atoms with E-state index in [9.17, 15) is 5.11 Å². The molecule has 0 unspecified atom stereocenters. The van der Waals surface area contributed by atoms with Crippen molar-refractivity contribution in [3.8, 4) is 0 Å². The van der Waals surface area contributed by atoms with Gasteiger partial charge in [-0.2, -0.15) is 0 Å². The number of fused-ring (bicyclic) bond motifs is 2. The normalized spacial score (nSPS) is 51.8. The van der Waals surface area contributed by atoms with Crippen LogP contribution in [0.4, 0.5) is 0 Å². The van der Waals surface area contributed by atoms with Crippen LogP contribution in [0, 0.1) is 6.42 Å². The van der Waals surface area contributed by atoms with Crippen LogP contribution >= 0.6 is 0 Å². The van der Waals surface area contributed by atoms with E-state index in [1.54, 1.807) is 12.2 Å². The molecule has 0 spiro atoms. The molecule has 0 aromatic heterocycles. The van der Waals surface area contributed by atoms with Gasteiger partial charge in [0.25, 0.3) is 0 Å². The first kappa shape index (κ1) is 6.34. The standard InChI is InChI=1S/C7H9O3/c1-7-3-2-5(8)6(4-7)9-10-7/h2-6,8H,1H3/t5-,6+,7+/m0/s1. The zero-order valence-electron chi connectivity index (χ0n) is 5.65. The summed E-state index contributed by atoms with van der Waals surface area (Å²) in [7, 11) is 0. The van der Waals surface area contributed by atoms with E-state index in [1.165, 1.54) is 0 Å². The molecule has 0 aromatic carbocycles. The molecule has 3 atom stereocenters. The van der Waals surface area contributed by atoms with Crippen molar-refractivity contribution >= 4 is 0 Å². The summed E-state index contributed by atoms with van der Waals surface area (Å²) in [4.78, 5) is 9.76. The monoisotopic (exact) mass is 141 g/mol. The fraction of sp³-hybridized carbons (Fsp3) is 0.571. The topological polar surface area (TPSA) is 38.7 Å². The van der Waals surface area contributed by atoms with Crippen molar-refractivity contribution in [2.75, 3.05) is 0 Å². The summed E-state index contributed by atoms with van der Waals surface area (Å²) in [6, 6.07) is 0. The molecule has 3 nitrogen and oxygen atoms in total. The summed E-state index contributed by atoms with van der Waals surface area (Å²) >= 11 is 0. The lowest BCUT2D eigenvalue weighted by atomic mass is 9.90. The third-order valence-corrected chi connectivity index (χ3v) is 1.79. The maximum atomic E-state index is 9.19. The molecule has 0 amide bonds. The lowest BCUT2D eigenvalue weighted by Crippen LogP contribution is -2.31. The Bertz CT molecular complexity index is 178. The molecule has 1 radical (unpaired) electrons. The maximum Gasteiger partial charge on any atom is 0.129 e. The molecule has 1 saturated heterocycles. The number of aliphatic hydroxyl groups is 1. The highest BCUT2D eigenvalue weighted by Gasteiger charge is 2.43. The van der Waals surface area contributed by atoms with Gasteiger partial charge < -0.3 is 5.11 Å². The Morgan fingerprint density at radius 3 is 3.10 bits per heavy atom. The van der Waals surface area contributed by atoms with Gasteiger partial charge in [-0.3, -0.25) is 0 Å². The smallest absolute Gasteiger partial charge is 0.129 e. The Kier molecular flexibility index (Phi) is 1.15. The second-order valence-corrected chi connectivity index (χ2v) is 2.84. The quantitative estimate of drug-likeness (QED) is 0.387. The first-order valence-electron chi connectivity index (χ1n) is 3.28. The lowest BCUT2D eigenvalue weighted by Gasteiger charge is -2.19. The van der Waals surface area contributed by atoms with Crippen molar-refractivity contribution in [2.24, 2.45) is 0 Å². The van der Waals surface area contributed by atoms with Crippen LogP contribution in [0.15, 0.2) is 12.2 Å². The van der Waals surface area contributed by atoms with E-state index in [-0.39, 0.29) is 6.10 Å². The van der Waals surface area contributed by atoms with Gasteiger partial charge in [-0.1, -0.05) is 12.2 Å². The molecule has 55 valence electrons. The van der Waals surface area contributed by atoms with E-state index in [4.69, 9.17) is 9.78 Å². The molecule has 1 fully saturated rings. The molecular formula is C7H9O3. The predicted molar refractivity (Wildman–Crippen MR) is 33.8 cm³/mol. The lowest BCUT2D eigenvalue weighted by molar-refractivity contribution is -0.315. The second-order valence-electron chi connectivity index (χ2n) is 2.84. The van der Waals surface area contributed by atoms with Crippen molar-refractivity contribution in [3.05, 3.63) is 18.6 Å². The van der Waals surface area contributed by atoms with Gasteiger partial charge in [0, 0.05) is 6.42 Å². The van der Waals surface area contributed by atoms with E-state index in [0.717, 1.165) is 0 Å². The molecule has 1 N–H and O–H groups in total. The van der Waals surface area contributed by atoms with Crippen molar-refractivity contribution in [1.29, 1.82) is 0 Å². The average Bonchev–Trinajstić information content (AvgIpc) is 2.23. The van der Waals surface area contributed by atoms with Crippen LogP contribution in [0.2, 0.25) is 0 Å². The third kappa shape index (κ3) is 0.785. The van der Waals surface area contributed by atoms with Crippen LogP contribution in [0.25, 0.3) is 0 Å². The SMILES string of the molecule is C[C@@]12[CH][C@@H](OO1)[C@@H](O)C=C2. The largest absolute Gasteiger partial charge is 0.386 e. The van der Waals surface area contributed by atoms with E-state index >= 15 is 0 Å². The molecule has 0 saturated carbocycles. The van der Waals surface area contributed by atoms with E-state index in [1.807, 2.05) is 13.3 Å². The summed E-state index contributed by atoms with van der Waals surface area (Å²) in [5.74, 6) is 0. The molecule has 0 aromatic rings. The number of aliphatic hydroxyl groups excluding tert-OH is 1. The third-order valence-electron chi connectivity index (χ3n) is 1.79. The van der Waals surface area contributed by atoms with Crippen LogP contribution < -0.4 is 0 Å². The van der Waals surface area contributed by atoms with Gasteiger partial charge in [0.05, 0.1) is 0 Å². The summed E-state index contributed by atoms with van der Waals surface area (Å²) in [5, 5.41) is 9.19. The minimum atomic E-state index is -0.546. The number of rotatable bonds is 0. The van der Waals surface area contributed by atoms with Gasteiger partial charge in [-0.25, -0.2) is 9.78 Å². The number of hydrogen-bond acceptors (Lipinski definition) is 3. The van der Waals surface area contributed by atoms with Crippen LogP contribution in [0.1, 0.15) is 6.92 Å². The Morgan fingerprint density at radius 1 is 1.60 bits per heavy atom. The summed E-state index contributed by atoms with van der Waals surface area (Å²) in [6.45, 7) is 1.88. The minimum Gasteiger partial charge on any atom is -0.386 e. The summed E-state index contributed by atoms with van der Waals surface area (Å²) in [5.41, 5.74) is -0.413. The molecule has 1 aliphatic carbocycles. The van der Waals surface area contributed by atoms with Gasteiger partial charge in [-0.05, 0) is 6.92 Å². The van der Waals surface area contributed by atoms with Crippen LogP contribution in [-0.2, 0) is 9.78 Å². The van der Waals surface area contributed by atoms with Gasteiger partial charge in [-0.15, -0.1) is 0 Å². The maximum absolute atomic E-state index is 9.19. The average molecular weight is 141 g/mol. The van der Waals surface area contributed by atoms with Crippen LogP contribution in [-0.4, -0.2) is 22.9 Å². The van der Waals surface area contributed by atoms with Gasteiger partial charge >= 0.3 is 0 Å². The Balaban J connectivity index is 2.27. The molecule has 3 heteroatoms. The van der Waals surface area contributed by atoms with Crippen molar-refractivity contribution in [2.45, 2.75) is 24.7 Å². The Morgan fingerprint density at radius 2 is 2.40 bits per heavy atom. The Hall–Kier alpha value is -0.380. The van der Waals surface area contributed by atoms with Gasteiger partial charge in [0.2, 0.25) is 0 Å². The van der Waals surface area contributed by atoms with Gasteiger partial charge in [0.1, 0.15) is 17.8 Å². The predicted octanol–water partition coefficient (Wildman–Crippen LogP) is 0.210.